The normalized spacial score (nSPS) is 16.7. The van der Waals surface area contributed by atoms with Crippen LogP contribution in [0.1, 0.15) is 31.0 Å². The molecule has 0 atom stereocenters. The minimum atomic E-state index is -0.376. The summed E-state index contributed by atoms with van der Waals surface area (Å²) in [6, 6.07) is 7.22. The lowest BCUT2D eigenvalue weighted by atomic mass is 9.77. The quantitative estimate of drug-likeness (QED) is 0.917. The van der Waals surface area contributed by atoms with Gasteiger partial charge in [0.05, 0.1) is 18.6 Å². The highest BCUT2D eigenvalue weighted by Crippen LogP contribution is 2.36. The van der Waals surface area contributed by atoms with Crippen LogP contribution in [0.15, 0.2) is 28.8 Å². The van der Waals surface area contributed by atoms with Crippen molar-refractivity contribution in [3.05, 3.63) is 41.0 Å². The van der Waals surface area contributed by atoms with E-state index in [1.54, 1.807) is 12.1 Å². The number of nitrogens with zero attached hydrogens (tertiary/aromatic N) is 2. The predicted molar refractivity (Wildman–Crippen MR) is 74.7 cm³/mol. The molecule has 2 aromatic rings. The average Bonchev–Trinajstić information content (AvgIpc) is 2.87. The molecule has 1 aromatic heterocycles. The van der Waals surface area contributed by atoms with E-state index in [1.807, 2.05) is 12.1 Å². The predicted octanol–water partition coefficient (Wildman–Crippen LogP) is 2.68. The van der Waals surface area contributed by atoms with Crippen molar-refractivity contribution in [3.8, 4) is 5.75 Å². The van der Waals surface area contributed by atoms with Gasteiger partial charge >= 0.3 is 0 Å². The fourth-order valence-electron chi connectivity index (χ4n) is 2.13. The molecule has 0 amide bonds. The van der Waals surface area contributed by atoms with Crippen LogP contribution in [0.3, 0.4) is 0 Å². The maximum atomic E-state index is 6.14. The molecular weight excluding hydrogens is 278 g/mol. The van der Waals surface area contributed by atoms with Crippen LogP contribution in [0, 0.1) is 0 Å². The molecule has 20 heavy (non-hydrogen) atoms. The first-order valence-corrected chi connectivity index (χ1v) is 7.04. The second-order valence-corrected chi connectivity index (χ2v) is 5.51. The average molecular weight is 294 g/mol. The Morgan fingerprint density at radius 2 is 2.05 bits per heavy atom. The first kappa shape index (κ1) is 13.4. The Morgan fingerprint density at radius 3 is 2.70 bits per heavy atom. The summed E-state index contributed by atoms with van der Waals surface area (Å²) in [5.74, 6) is 1.94. The highest BCUT2D eigenvalue weighted by Gasteiger charge is 2.38. The molecule has 0 unspecified atom stereocenters. The van der Waals surface area contributed by atoms with Gasteiger partial charge in [-0.2, -0.15) is 4.98 Å². The van der Waals surface area contributed by atoms with Gasteiger partial charge in [0.2, 0.25) is 5.89 Å². The van der Waals surface area contributed by atoms with Gasteiger partial charge in [-0.15, -0.1) is 0 Å². The van der Waals surface area contributed by atoms with E-state index in [1.165, 1.54) is 0 Å². The Kier molecular flexibility index (Phi) is 3.63. The zero-order chi connectivity index (χ0) is 14.0. The molecule has 0 spiro atoms. The van der Waals surface area contributed by atoms with Crippen molar-refractivity contribution in [2.24, 2.45) is 5.73 Å². The standard InChI is InChI=1S/C14H16ClN3O2/c15-10-2-4-11(5-3-10)19-9-6-12-17-13(18-20-12)14(16)7-1-8-14/h2-5H,1,6-9,16H2. The van der Waals surface area contributed by atoms with Crippen LogP contribution in [-0.2, 0) is 12.0 Å². The van der Waals surface area contributed by atoms with Crippen molar-refractivity contribution in [2.75, 3.05) is 6.61 Å². The van der Waals surface area contributed by atoms with Crippen molar-refractivity contribution >= 4 is 11.6 Å². The van der Waals surface area contributed by atoms with Gasteiger partial charge in [0.25, 0.3) is 0 Å². The second kappa shape index (κ2) is 5.42. The lowest BCUT2D eigenvalue weighted by Gasteiger charge is -2.34. The number of ether oxygens (including phenoxy) is 1. The smallest absolute Gasteiger partial charge is 0.230 e. The molecule has 0 aliphatic heterocycles. The number of halogens is 1. The first-order chi connectivity index (χ1) is 9.66. The van der Waals surface area contributed by atoms with E-state index >= 15 is 0 Å². The Balaban J connectivity index is 1.52. The van der Waals surface area contributed by atoms with Gasteiger partial charge in [-0.3, -0.25) is 0 Å². The Bertz CT molecular complexity index is 578. The number of aromatic nitrogens is 2. The summed E-state index contributed by atoms with van der Waals surface area (Å²) in [6.45, 7) is 0.473. The van der Waals surface area contributed by atoms with Gasteiger partial charge in [0.15, 0.2) is 5.82 Å². The summed E-state index contributed by atoms with van der Waals surface area (Å²) in [4.78, 5) is 4.35. The lowest BCUT2D eigenvalue weighted by Crippen LogP contribution is -2.44. The molecule has 1 aliphatic rings. The van der Waals surface area contributed by atoms with Crippen LogP contribution in [-0.4, -0.2) is 16.7 Å². The highest BCUT2D eigenvalue weighted by atomic mass is 35.5. The fraction of sp³-hybridized carbons (Fsp3) is 0.429. The summed E-state index contributed by atoms with van der Waals surface area (Å²) >= 11 is 5.81. The van der Waals surface area contributed by atoms with Crippen LogP contribution in [0.5, 0.6) is 5.75 Å². The number of hydrogen-bond acceptors (Lipinski definition) is 5. The Morgan fingerprint density at radius 1 is 1.30 bits per heavy atom. The van der Waals surface area contributed by atoms with Crippen LogP contribution in [0.25, 0.3) is 0 Å². The minimum absolute atomic E-state index is 0.376. The minimum Gasteiger partial charge on any atom is -0.493 e. The van der Waals surface area contributed by atoms with Gasteiger partial charge in [0.1, 0.15) is 5.75 Å². The summed E-state index contributed by atoms with van der Waals surface area (Å²) in [5.41, 5.74) is 5.77. The molecule has 1 aliphatic carbocycles. The zero-order valence-electron chi connectivity index (χ0n) is 11.0. The molecule has 6 heteroatoms. The van der Waals surface area contributed by atoms with Gasteiger partial charge in [-0.05, 0) is 43.5 Å². The highest BCUT2D eigenvalue weighted by molar-refractivity contribution is 6.30. The van der Waals surface area contributed by atoms with Crippen LogP contribution in [0.4, 0.5) is 0 Å². The number of rotatable bonds is 5. The van der Waals surface area contributed by atoms with Gasteiger partial charge in [-0.1, -0.05) is 16.8 Å². The maximum Gasteiger partial charge on any atom is 0.230 e. The zero-order valence-corrected chi connectivity index (χ0v) is 11.8. The SMILES string of the molecule is NC1(c2noc(CCOc3ccc(Cl)cc3)n2)CCC1. The third-order valence-corrected chi connectivity index (χ3v) is 3.81. The monoisotopic (exact) mass is 293 g/mol. The summed E-state index contributed by atoms with van der Waals surface area (Å²) < 4.78 is 10.8. The van der Waals surface area contributed by atoms with E-state index in [0.29, 0.717) is 29.8 Å². The van der Waals surface area contributed by atoms with E-state index in [9.17, 15) is 0 Å². The molecular formula is C14H16ClN3O2. The molecule has 106 valence electrons. The Hall–Kier alpha value is -1.59. The summed E-state index contributed by atoms with van der Waals surface area (Å²) in [7, 11) is 0. The molecule has 0 radical (unpaired) electrons. The van der Waals surface area contributed by atoms with Crippen molar-refractivity contribution < 1.29 is 9.26 Å². The van der Waals surface area contributed by atoms with Gasteiger partial charge in [0, 0.05) is 5.02 Å². The molecule has 5 nitrogen and oxygen atoms in total. The molecule has 0 bridgehead atoms. The van der Waals surface area contributed by atoms with Crippen LogP contribution >= 0.6 is 11.6 Å². The lowest BCUT2D eigenvalue weighted by molar-refractivity contribution is 0.228. The van der Waals surface area contributed by atoms with Crippen molar-refractivity contribution in [1.82, 2.24) is 10.1 Å². The molecule has 1 heterocycles. The van der Waals surface area contributed by atoms with Crippen LogP contribution < -0.4 is 10.5 Å². The van der Waals surface area contributed by atoms with Crippen molar-refractivity contribution in [3.63, 3.8) is 0 Å². The third kappa shape index (κ3) is 2.78. The molecule has 0 saturated heterocycles. The topological polar surface area (TPSA) is 74.2 Å². The molecule has 1 aromatic carbocycles. The number of nitrogens with two attached hydrogens (primary N) is 1. The Labute approximate surface area is 122 Å². The van der Waals surface area contributed by atoms with E-state index in [4.69, 9.17) is 26.6 Å². The molecule has 2 N–H and O–H groups in total. The maximum absolute atomic E-state index is 6.14. The van der Waals surface area contributed by atoms with E-state index in [2.05, 4.69) is 10.1 Å². The van der Waals surface area contributed by atoms with E-state index < -0.39 is 0 Å². The summed E-state index contributed by atoms with van der Waals surface area (Å²) in [6.07, 6.45) is 3.53. The van der Waals surface area contributed by atoms with Crippen molar-refractivity contribution in [1.29, 1.82) is 0 Å². The van der Waals surface area contributed by atoms with Gasteiger partial charge in [-0.25, -0.2) is 0 Å². The van der Waals surface area contributed by atoms with E-state index in [-0.39, 0.29) is 5.54 Å². The second-order valence-electron chi connectivity index (χ2n) is 5.07. The van der Waals surface area contributed by atoms with Crippen LogP contribution in [0.2, 0.25) is 5.02 Å². The van der Waals surface area contributed by atoms with Gasteiger partial charge < -0.3 is 15.0 Å². The number of benzene rings is 1. The first-order valence-electron chi connectivity index (χ1n) is 6.66. The summed E-state index contributed by atoms with van der Waals surface area (Å²) in [5, 5.41) is 4.65. The largest absolute Gasteiger partial charge is 0.493 e. The molecule has 1 fully saturated rings. The van der Waals surface area contributed by atoms with E-state index in [0.717, 1.165) is 25.0 Å². The third-order valence-electron chi connectivity index (χ3n) is 3.56. The number of hydrogen-bond donors (Lipinski definition) is 1. The molecule has 3 rings (SSSR count). The fourth-order valence-corrected chi connectivity index (χ4v) is 2.25. The molecule has 1 saturated carbocycles. The van der Waals surface area contributed by atoms with Crippen molar-refractivity contribution in [2.45, 2.75) is 31.2 Å².